The minimum Gasteiger partial charge on any atom is -0.256 e. The highest BCUT2D eigenvalue weighted by Gasteiger charge is 2.04. The van der Waals surface area contributed by atoms with Crippen molar-refractivity contribution in [2.45, 2.75) is 20.8 Å². The fourth-order valence-electron chi connectivity index (χ4n) is 1.98. The Labute approximate surface area is 107 Å². The fourth-order valence-corrected chi connectivity index (χ4v) is 1.98. The molecule has 92 valence electrons. The molecular formula is C16H16FN. The van der Waals surface area contributed by atoms with Gasteiger partial charge in [-0.15, -0.1) is 0 Å². The van der Waals surface area contributed by atoms with E-state index < -0.39 is 0 Å². The molecule has 1 aromatic heterocycles. The van der Waals surface area contributed by atoms with Crippen molar-refractivity contribution in [2.24, 2.45) is 0 Å². The van der Waals surface area contributed by atoms with Crippen molar-refractivity contribution in [3.63, 3.8) is 0 Å². The van der Waals surface area contributed by atoms with Crippen LogP contribution in [-0.4, -0.2) is 4.98 Å². The molecule has 1 heterocycles. The van der Waals surface area contributed by atoms with E-state index in [2.05, 4.69) is 4.98 Å². The number of benzene rings is 1. The van der Waals surface area contributed by atoms with E-state index >= 15 is 0 Å². The van der Waals surface area contributed by atoms with Crippen LogP contribution in [0.3, 0.4) is 0 Å². The van der Waals surface area contributed by atoms with E-state index in [1.54, 1.807) is 12.3 Å². The van der Waals surface area contributed by atoms with Gasteiger partial charge in [0.25, 0.3) is 0 Å². The number of aryl methyl sites for hydroxylation is 2. The number of pyridine rings is 1. The molecule has 1 nitrogen and oxygen atoms in total. The standard InChI is InChI=1S/C16H16FN/c1-4-5-16-12(3)8-14(10-18-16)13-6-11(2)7-15(17)9-13/h4-10H,1-3H3/b5-4-. The van der Waals surface area contributed by atoms with Crippen molar-refractivity contribution in [1.82, 2.24) is 4.98 Å². The van der Waals surface area contributed by atoms with Crippen LogP contribution in [0.1, 0.15) is 23.7 Å². The molecule has 0 N–H and O–H groups in total. The highest BCUT2D eigenvalue weighted by molar-refractivity contribution is 5.66. The van der Waals surface area contributed by atoms with Crippen LogP contribution in [0, 0.1) is 19.7 Å². The number of hydrogen-bond donors (Lipinski definition) is 0. The number of rotatable bonds is 2. The Morgan fingerprint density at radius 2 is 1.83 bits per heavy atom. The van der Waals surface area contributed by atoms with Crippen LogP contribution in [0.2, 0.25) is 0 Å². The third-order valence-electron chi connectivity index (χ3n) is 2.82. The average Bonchev–Trinajstić information content (AvgIpc) is 2.30. The molecule has 0 aliphatic carbocycles. The summed E-state index contributed by atoms with van der Waals surface area (Å²) in [6.07, 6.45) is 5.72. The molecule has 1 aromatic carbocycles. The number of nitrogens with zero attached hydrogens (tertiary/aromatic N) is 1. The first-order chi connectivity index (χ1) is 8.60. The molecule has 2 aromatic rings. The second-order valence-corrected chi connectivity index (χ2v) is 4.44. The molecule has 0 atom stereocenters. The summed E-state index contributed by atoms with van der Waals surface area (Å²) >= 11 is 0. The van der Waals surface area contributed by atoms with Gasteiger partial charge in [-0.1, -0.05) is 12.1 Å². The highest BCUT2D eigenvalue weighted by Crippen LogP contribution is 2.23. The summed E-state index contributed by atoms with van der Waals surface area (Å²) in [4.78, 5) is 4.39. The Kier molecular flexibility index (Phi) is 3.56. The average molecular weight is 241 g/mol. The number of halogens is 1. The van der Waals surface area contributed by atoms with Crippen molar-refractivity contribution in [3.8, 4) is 11.1 Å². The number of aromatic nitrogens is 1. The van der Waals surface area contributed by atoms with E-state index in [4.69, 9.17) is 0 Å². The molecule has 0 spiro atoms. The lowest BCUT2D eigenvalue weighted by Crippen LogP contribution is -1.90. The van der Waals surface area contributed by atoms with Crippen molar-refractivity contribution >= 4 is 6.08 Å². The van der Waals surface area contributed by atoms with Crippen LogP contribution in [0.4, 0.5) is 4.39 Å². The SMILES string of the molecule is C/C=C\c1ncc(-c2cc(C)cc(F)c2)cc1C. The summed E-state index contributed by atoms with van der Waals surface area (Å²) in [7, 11) is 0. The lowest BCUT2D eigenvalue weighted by molar-refractivity contribution is 0.627. The van der Waals surface area contributed by atoms with Crippen LogP contribution >= 0.6 is 0 Å². The van der Waals surface area contributed by atoms with E-state index in [1.165, 1.54) is 6.07 Å². The maximum absolute atomic E-state index is 13.4. The maximum atomic E-state index is 13.4. The Bertz CT molecular complexity index is 580. The first-order valence-corrected chi connectivity index (χ1v) is 5.97. The number of hydrogen-bond acceptors (Lipinski definition) is 1. The summed E-state index contributed by atoms with van der Waals surface area (Å²) in [6.45, 7) is 5.87. The molecule has 2 heteroatoms. The molecule has 0 bridgehead atoms. The smallest absolute Gasteiger partial charge is 0.124 e. The summed E-state index contributed by atoms with van der Waals surface area (Å²) in [6, 6.07) is 7.07. The zero-order valence-electron chi connectivity index (χ0n) is 10.9. The molecule has 18 heavy (non-hydrogen) atoms. The molecule has 0 aliphatic heterocycles. The summed E-state index contributed by atoms with van der Waals surface area (Å²) in [5.41, 5.74) is 4.78. The van der Waals surface area contributed by atoms with Gasteiger partial charge >= 0.3 is 0 Å². The summed E-state index contributed by atoms with van der Waals surface area (Å²) < 4.78 is 13.4. The van der Waals surface area contributed by atoms with Crippen LogP contribution in [0.5, 0.6) is 0 Å². The van der Waals surface area contributed by atoms with E-state index in [0.717, 1.165) is 27.9 Å². The molecule has 0 fully saturated rings. The van der Waals surface area contributed by atoms with Gasteiger partial charge < -0.3 is 0 Å². The van der Waals surface area contributed by atoms with E-state index in [-0.39, 0.29) is 5.82 Å². The molecule has 0 saturated carbocycles. The minimum absolute atomic E-state index is 0.208. The number of allylic oxidation sites excluding steroid dienone is 1. The molecule has 0 amide bonds. The Balaban J connectivity index is 2.48. The predicted octanol–water partition coefficient (Wildman–Crippen LogP) is 4.54. The van der Waals surface area contributed by atoms with Crippen LogP contribution in [0.25, 0.3) is 17.2 Å². The van der Waals surface area contributed by atoms with Gasteiger partial charge in [0, 0.05) is 11.8 Å². The van der Waals surface area contributed by atoms with Crippen LogP contribution < -0.4 is 0 Å². The summed E-state index contributed by atoms with van der Waals surface area (Å²) in [5, 5.41) is 0. The van der Waals surface area contributed by atoms with Gasteiger partial charge in [0.15, 0.2) is 0 Å². The van der Waals surface area contributed by atoms with Gasteiger partial charge in [-0.2, -0.15) is 0 Å². The Hall–Kier alpha value is -1.96. The van der Waals surface area contributed by atoms with Crippen LogP contribution in [0.15, 0.2) is 36.5 Å². The van der Waals surface area contributed by atoms with Crippen molar-refractivity contribution in [2.75, 3.05) is 0 Å². The first-order valence-electron chi connectivity index (χ1n) is 5.97. The Morgan fingerprint density at radius 1 is 1.06 bits per heavy atom. The molecule has 0 aliphatic rings. The van der Waals surface area contributed by atoms with Gasteiger partial charge in [0.05, 0.1) is 5.69 Å². The largest absolute Gasteiger partial charge is 0.256 e. The quantitative estimate of drug-likeness (QED) is 0.752. The van der Waals surface area contributed by atoms with Crippen molar-refractivity contribution in [1.29, 1.82) is 0 Å². The predicted molar refractivity (Wildman–Crippen MR) is 73.8 cm³/mol. The third-order valence-corrected chi connectivity index (χ3v) is 2.82. The molecule has 0 unspecified atom stereocenters. The lowest BCUT2D eigenvalue weighted by Gasteiger charge is -2.06. The van der Waals surface area contributed by atoms with Crippen molar-refractivity contribution in [3.05, 3.63) is 59.2 Å². The second-order valence-electron chi connectivity index (χ2n) is 4.44. The zero-order valence-corrected chi connectivity index (χ0v) is 10.9. The maximum Gasteiger partial charge on any atom is 0.124 e. The van der Waals surface area contributed by atoms with Gasteiger partial charge in [0.2, 0.25) is 0 Å². The van der Waals surface area contributed by atoms with E-state index in [9.17, 15) is 4.39 Å². The van der Waals surface area contributed by atoms with Gasteiger partial charge in [-0.25, -0.2) is 4.39 Å². The zero-order chi connectivity index (χ0) is 13.1. The van der Waals surface area contributed by atoms with Crippen LogP contribution in [-0.2, 0) is 0 Å². The highest BCUT2D eigenvalue weighted by atomic mass is 19.1. The minimum atomic E-state index is -0.208. The Morgan fingerprint density at radius 3 is 2.44 bits per heavy atom. The molecule has 2 rings (SSSR count). The van der Waals surface area contributed by atoms with E-state index in [0.29, 0.717) is 0 Å². The van der Waals surface area contributed by atoms with Gasteiger partial charge in [-0.05, 0) is 61.7 Å². The molecule has 0 saturated heterocycles. The van der Waals surface area contributed by atoms with Gasteiger partial charge in [0.1, 0.15) is 5.82 Å². The topological polar surface area (TPSA) is 12.9 Å². The summed E-state index contributed by atoms with van der Waals surface area (Å²) in [5.74, 6) is -0.208. The fraction of sp³-hybridized carbons (Fsp3) is 0.188. The molecule has 0 radical (unpaired) electrons. The van der Waals surface area contributed by atoms with E-state index in [1.807, 2.05) is 45.1 Å². The van der Waals surface area contributed by atoms with Crippen molar-refractivity contribution < 1.29 is 4.39 Å². The third kappa shape index (κ3) is 2.65. The normalized spacial score (nSPS) is 11.1. The first kappa shape index (κ1) is 12.5. The molecular weight excluding hydrogens is 225 g/mol. The second kappa shape index (κ2) is 5.13. The van der Waals surface area contributed by atoms with Gasteiger partial charge in [-0.3, -0.25) is 4.98 Å². The lowest BCUT2D eigenvalue weighted by atomic mass is 10.0. The monoisotopic (exact) mass is 241 g/mol.